The van der Waals surface area contributed by atoms with Crippen LogP contribution >= 0.6 is 22.7 Å². The van der Waals surface area contributed by atoms with Crippen LogP contribution in [-0.4, -0.2) is 9.13 Å². The summed E-state index contributed by atoms with van der Waals surface area (Å²) in [5.74, 6) is 0. The zero-order valence-corrected chi connectivity index (χ0v) is 47.8. The lowest BCUT2D eigenvalue weighted by atomic mass is 9.85. The molecule has 6 heteroatoms. The summed E-state index contributed by atoms with van der Waals surface area (Å²) in [6.07, 6.45) is 0. The van der Waals surface area contributed by atoms with Crippen LogP contribution in [-0.2, 0) is 0 Å². The molecule has 13 aromatic carbocycles. The fourth-order valence-electron chi connectivity index (χ4n) is 13.6. The lowest BCUT2D eigenvalue weighted by molar-refractivity contribution is 1.13. The zero-order chi connectivity index (χ0) is 57.0. The first-order valence-corrected chi connectivity index (χ1v) is 30.5. The van der Waals surface area contributed by atoms with Crippen LogP contribution in [0, 0.1) is 22.7 Å². The van der Waals surface area contributed by atoms with E-state index >= 15 is 0 Å². The van der Waals surface area contributed by atoms with E-state index in [1.807, 2.05) is 12.1 Å². The largest absolute Gasteiger partial charge is 0.306 e. The summed E-state index contributed by atoms with van der Waals surface area (Å²) in [5, 5.41) is 34.3. The fraction of sp³-hybridized carbons (Fsp3) is 0. The highest BCUT2D eigenvalue weighted by atomic mass is 32.1. The molecule has 0 unspecified atom stereocenters. The van der Waals surface area contributed by atoms with Crippen molar-refractivity contribution < 1.29 is 0 Å². The molecule has 0 atom stereocenters. The van der Waals surface area contributed by atoms with Crippen LogP contribution in [0.15, 0.2) is 279 Å². The van der Waals surface area contributed by atoms with E-state index in [4.69, 9.17) is 0 Å². The highest BCUT2D eigenvalue weighted by molar-refractivity contribution is 7.27. The average molecular weight is 1130 g/mol. The van der Waals surface area contributed by atoms with Crippen LogP contribution in [0.4, 0.5) is 0 Å². The zero-order valence-electron chi connectivity index (χ0n) is 46.2. The second-order valence-corrected chi connectivity index (χ2v) is 24.2. The number of aromatic nitrogens is 2. The van der Waals surface area contributed by atoms with E-state index in [9.17, 15) is 10.5 Å². The normalized spacial score (nSPS) is 11.7. The topological polar surface area (TPSA) is 57.4 Å². The molecule has 4 heterocycles. The Balaban J connectivity index is 1.14. The van der Waals surface area contributed by atoms with Crippen LogP contribution in [0.2, 0.25) is 0 Å². The van der Waals surface area contributed by atoms with Gasteiger partial charge in [0.2, 0.25) is 0 Å². The minimum Gasteiger partial charge on any atom is -0.306 e. The summed E-state index contributed by atoms with van der Waals surface area (Å²) >= 11 is 3.57. The van der Waals surface area contributed by atoms with Gasteiger partial charge in [-0.05, 0) is 104 Å². The highest BCUT2D eigenvalue weighted by Gasteiger charge is 2.33. The van der Waals surface area contributed by atoms with Crippen LogP contribution in [0.5, 0.6) is 0 Å². The summed E-state index contributed by atoms with van der Waals surface area (Å²) in [5.41, 5.74) is 17.6. The summed E-state index contributed by atoms with van der Waals surface area (Å²) < 4.78 is 9.41. The quantitative estimate of drug-likeness (QED) is 0.152. The van der Waals surface area contributed by atoms with Gasteiger partial charge in [0.1, 0.15) is 12.1 Å². The third-order valence-electron chi connectivity index (χ3n) is 17.4. The smallest absolute Gasteiger partial charge is 0.102 e. The molecular formula is C80H46N4S2. The second kappa shape index (κ2) is 19.8. The molecule has 0 aliphatic rings. The van der Waals surface area contributed by atoms with Gasteiger partial charge in [-0.2, -0.15) is 10.5 Å². The Morgan fingerprint density at radius 3 is 1.00 bits per heavy atom. The van der Waals surface area contributed by atoms with Gasteiger partial charge in [0.15, 0.2) is 0 Å². The van der Waals surface area contributed by atoms with Crippen molar-refractivity contribution in [2.75, 3.05) is 0 Å². The molecule has 4 aromatic heterocycles. The van der Waals surface area contributed by atoms with E-state index < -0.39 is 0 Å². The highest BCUT2D eigenvalue weighted by Crippen LogP contribution is 2.53. The van der Waals surface area contributed by atoms with E-state index in [1.54, 1.807) is 22.7 Å². The maximum Gasteiger partial charge on any atom is 0.102 e. The van der Waals surface area contributed by atoms with E-state index in [2.05, 4.69) is 288 Å². The molecule has 17 rings (SSSR count). The number of nitriles is 2. The molecule has 0 bridgehead atoms. The van der Waals surface area contributed by atoms with Crippen LogP contribution in [0.1, 0.15) is 11.1 Å². The molecule has 0 spiro atoms. The predicted molar refractivity (Wildman–Crippen MR) is 363 cm³/mol. The Morgan fingerprint density at radius 2 is 0.593 bits per heavy atom. The van der Waals surface area contributed by atoms with E-state index in [-0.39, 0.29) is 0 Å². The number of nitrogens with zero attached hydrogens (tertiary/aromatic N) is 4. The van der Waals surface area contributed by atoms with Crippen LogP contribution < -0.4 is 0 Å². The van der Waals surface area contributed by atoms with Crippen molar-refractivity contribution in [2.24, 2.45) is 0 Å². The van der Waals surface area contributed by atoms with Gasteiger partial charge in [-0.1, -0.05) is 231 Å². The number of fused-ring (bicyclic) bond motifs is 14. The van der Waals surface area contributed by atoms with Crippen LogP contribution in [0.25, 0.3) is 162 Å². The van der Waals surface area contributed by atoms with Crippen molar-refractivity contribution in [3.05, 3.63) is 290 Å². The summed E-state index contributed by atoms with van der Waals surface area (Å²) in [4.78, 5) is 0. The Labute approximate surface area is 503 Å². The molecule has 0 amide bonds. The summed E-state index contributed by atoms with van der Waals surface area (Å²) in [7, 11) is 0. The number of benzene rings is 13. The van der Waals surface area contributed by atoms with E-state index in [0.29, 0.717) is 28.1 Å². The van der Waals surface area contributed by atoms with Gasteiger partial charge in [-0.3, -0.25) is 0 Å². The van der Waals surface area contributed by atoms with Crippen molar-refractivity contribution in [3.63, 3.8) is 0 Å². The molecule has 4 nitrogen and oxygen atoms in total. The van der Waals surface area contributed by atoms with Gasteiger partial charge >= 0.3 is 0 Å². The number of thiophene rings is 2. The molecule has 17 aromatic rings. The van der Waals surface area contributed by atoms with Crippen molar-refractivity contribution in [1.29, 1.82) is 10.5 Å². The lowest BCUT2D eigenvalue weighted by Crippen LogP contribution is -2.11. The monoisotopic (exact) mass is 1130 g/mol. The van der Waals surface area contributed by atoms with Crippen molar-refractivity contribution in [2.45, 2.75) is 0 Å². The van der Waals surface area contributed by atoms with Gasteiger partial charge < -0.3 is 9.13 Å². The Kier molecular flexibility index (Phi) is 11.4. The first kappa shape index (κ1) is 49.5. The molecular weight excluding hydrogens is 1080 g/mol. The number of hydrogen-bond acceptors (Lipinski definition) is 4. The number of hydrogen-bond donors (Lipinski definition) is 0. The SMILES string of the molecule is N#Cc1c(-c2cccc(-c3ccccc3)c2)c(C#N)c(-n2c3ccc(-c4ccccc4)cc3c3ccc4c5ccccc5sc4c32)c(-c2cccc(-c3ccccc3)c2)c1-n1c2ccc(-c3ccccc3)cc2c2ccc3c4ccccc4sc3c21. The summed E-state index contributed by atoms with van der Waals surface area (Å²) in [6, 6.07) is 105. The molecule has 0 radical (unpaired) electrons. The lowest BCUT2D eigenvalue weighted by Gasteiger charge is -2.26. The fourth-order valence-corrected chi connectivity index (χ4v) is 16.0. The van der Waals surface area contributed by atoms with Crippen LogP contribution in [0.3, 0.4) is 0 Å². The average Bonchev–Trinajstić information content (AvgIpc) is 1.50. The predicted octanol–water partition coefficient (Wildman–Crippen LogP) is 22.4. The third kappa shape index (κ3) is 7.58. The van der Waals surface area contributed by atoms with Gasteiger partial charge in [0.25, 0.3) is 0 Å². The van der Waals surface area contributed by atoms with Gasteiger partial charge in [-0.25, -0.2) is 0 Å². The third-order valence-corrected chi connectivity index (χ3v) is 19.8. The maximum absolute atomic E-state index is 12.7. The molecule has 0 aliphatic carbocycles. The van der Waals surface area contributed by atoms with Gasteiger partial charge in [0.05, 0.1) is 54.0 Å². The minimum absolute atomic E-state index is 0.402. The molecule has 398 valence electrons. The molecule has 0 N–H and O–H groups in total. The minimum atomic E-state index is 0.402. The second-order valence-electron chi connectivity index (χ2n) is 22.1. The molecule has 0 aliphatic heterocycles. The van der Waals surface area contributed by atoms with Gasteiger partial charge in [0, 0.05) is 63.6 Å². The molecule has 0 saturated heterocycles. The Morgan fingerprint density at radius 1 is 0.256 bits per heavy atom. The van der Waals surface area contributed by atoms with Crippen molar-refractivity contribution in [3.8, 4) is 90.3 Å². The van der Waals surface area contributed by atoms with E-state index in [1.165, 1.54) is 20.2 Å². The molecule has 86 heavy (non-hydrogen) atoms. The Hall–Kier alpha value is -11.1. The Bertz CT molecular complexity index is 5450. The standard InChI is InChI=1S/C80H46N4S2/c81-47-67-73(57-29-17-27-53(43-57)49-19-5-1-6-20-49)68(48-82)76(84-70-42-36-56(52-25-11-4-12-26-52)46-66(70)62-38-40-64-60-32-14-16-34-72(60)86-80(64)78(62)84)74(58-30-18-28-54(44-58)50-21-7-2-8-22-50)75(67)83-69-41-35-55(51-23-9-3-10-24-51)45-65(69)61-37-39-63-59-31-13-15-33-71(59)85-79(63)77(61)83/h1-46H. The van der Waals surface area contributed by atoms with Gasteiger partial charge in [-0.15, -0.1) is 22.7 Å². The first-order chi connectivity index (χ1) is 42.6. The molecule has 0 fully saturated rings. The summed E-state index contributed by atoms with van der Waals surface area (Å²) in [6.45, 7) is 0. The number of rotatable bonds is 8. The van der Waals surface area contributed by atoms with Crippen molar-refractivity contribution >= 4 is 107 Å². The van der Waals surface area contributed by atoms with E-state index in [0.717, 1.165) is 125 Å². The van der Waals surface area contributed by atoms with Crippen molar-refractivity contribution in [1.82, 2.24) is 9.13 Å². The first-order valence-electron chi connectivity index (χ1n) is 28.8. The molecule has 0 saturated carbocycles. The maximum atomic E-state index is 12.7.